The molecule has 1 aliphatic rings. The standard InChI is InChI=1S/C50H58Cl2N10O6/c1-2-34-36(27-58-49(53)45(34)31-11-14-33(64)15-12-31)32-13-16-41(57-26-32)50(68)56-22-17-42(65)54-20-9-7-5-3-4-6-8-10-21-55-43(66)29-62-24-19-40(60-62)35-25-38(51)47(52)48-46(35)37-28-61(44(67)30-63)23-18-39(37)59-48/h11-16,19,24-27,59,63-64H,2-10,17-18,20-23,28-30H2,1H3,(H2,53,58)(H,54,65)(H,55,66)(H,56,68). The Hall–Kier alpha value is -6.49. The Morgan fingerprint density at radius 3 is 2.19 bits per heavy atom. The van der Waals surface area contributed by atoms with Gasteiger partial charge >= 0.3 is 0 Å². The van der Waals surface area contributed by atoms with Gasteiger partial charge in [-0.1, -0.05) is 86.8 Å². The summed E-state index contributed by atoms with van der Waals surface area (Å²) in [5.74, 6) is -0.388. The van der Waals surface area contributed by atoms with E-state index in [0.29, 0.717) is 66.1 Å². The van der Waals surface area contributed by atoms with E-state index < -0.39 is 6.61 Å². The van der Waals surface area contributed by atoms with E-state index in [2.05, 4.69) is 36.0 Å². The van der Waals surface area contributed by atoms with Gasteiger partial charge in [-0.3, -0.25) is 28.8 Å². The minimum atomic E-state index is -0.554. The number of hydrogen-bond donors (Lipinski definition) is 7. The molecule has 16 nitrogen and oxygen atoms in total. The van der Waals surface area contributed by atoms with Crippen molar-refractivity contribution in [3.05, 3.63) is 99.7 Å². The fraction of sp³-hybridized carbons (Fsp3) is 0.380. The van der Waals surface area contributed by atoms with Crippen molar-refractivity contribution in [2.45, 2.75) is 90.6 Å². The zero-order chi connectivity index (χ0) is 48.2. The lowest BCUT2D eigenvalue weighted by Gasteiger charge is -2.26. The smallest absolute Gasteiger partial charge is 0.269 e. The molecule has 68 heavy (non-hydrogen) atoms. The third-order valence-corrected chi connectivity index (χ3v) is 13.1. The summed E-state index contributed by atoms with van der Waals surface area (Å²) in [5.41, 5.74) is 14.7. The molecule has 0 fully saturated rings. The second-order valence-electron chi connectivity index (χ2n) is 17.0. The van der Waals surface area contributed by atoms with Gasteiger partial charge in [0, 0.05) is 103 Å². The van der Waals surface area contributed by atoms with Crippen molar-refractivity contribution in [2.75, 3.05) is 38.5 Å². The molecule has 4 aromatic heterocycles. The van der Waals surface area contributed by atoms with Crippen molar-refractivity contribution < 1.29 is 29.4 Å². The molecule has 0 spiro atoms. The van der Waals surface area contributed by atoms with Crippen molar-refractivity contribution in [3.8, 4) is 39.3 Å². The first kappa shape index (κ1) is 49.4. The lowest BCUT2D eigenvalue weighted by atomic mass is 9.92. The summed E-state index contributed by atoms with van der Waals surface area (Å²) in [6.45, 7) is 3.73. The summed E-state index contributed by atoms with van der Waals surface area (Å²) < 4.78 is 1.59. The number of amides is 4. The average molecular weight is 966 g/mol. The predicted octanol–water partition coefficient (Wildman–Crippen LogP) is 7.36. The van der Waals surface area contributed by atoms with E-state index in [1.54, 1.807) is 64.6 Å². The van der Waals surface area contributed by atoms with Gasteiger partial charge < -0.3 is 41.8 Å². The number of nitrogens with zero attached hydrogens (tertiary/aromatic N) is 5. The molecular formula is C50H58Cl2N10O6. The molecule has 6 aromatic rings. The van der Waals surface area contributed by atoms with Gasteiger partial charge in [-0.25, -0.2) is 4.98 Å². The maximum atomic E-state index is 12.8. The number of nitrogens with one attached hydrogen (secondary N) is 4. The number of benzene rings is 2. The van der Waals surface area contributed by atoms with Crippen LogP contribution in [0, 0.1) is 0 Å². The number of H-pyrrole nitrogens is 1. The van der Waals surface area contributed by atoms with Crippen LogP contribution in [0.3, 0.4) is 0 Å². The highest BCUT2D eigenvalue weighted by molar-refractivity contribution is 6.45. The number of aromatic amines is 1. The van der Waals surface area contributed by atoms with Crippen LogP contribution in [0.5, 0.6) is 5.75 Å². The maximum absolute atomic E-state index is 12.8. The number of hydrogen-bond acceptors (Lipinski definition) is 10. The SMILES string of the molecule is CCc1c(-c2ccc(C(=O)NCCC(=O)NCCCCCCCCCCNC(=O)Cn3ccc(-c4cc(Cl)c(Cl)c5[nH]c6c(c45)CN(C(=O)CO)CC6)n3)nc2)cnc(N)c1-c1ccc(O)cc1. The number of halogens is 2. The molecule has 358 valence electrons. The van der Waals surface area contributed by atoms with Crippen LogP contribution in [0.25, 0.3) is 44.4 Å². The Morgan fingerprint density at radius 1 is 0.824 bits per heavy atom. The molecule has 0 saturated carbocycles. The molecule has 7 rings (SSSR count). The molecule has 0 atom stereocenters. The number of nitrogen functional groups attached to an aromatic ring is 1. The van der Waals surface area contributed by atoms with Gasteiger partial charge in [0.1, 0.15) is 30.4 Å². The topological polar surface area (TPSA) is 233 Å². The Kier molecular flexibility index (Phi) is 17.1. The first-order chi connectivity index (χ1) is 32.9. The van der Waals surface area contributed by atoms with Crippen LogP contribution < -0.4 is 21.7 Å². The number of aromatic hydroxyl groups is 1. The number of phenols is 1. The number of rotatable bonds is 22. The van der Waals surface area contributed by atoms with E-state index in [1.807, 2.05) is 19.1 Å². The molecule has 0 radical (unpaired) electrons. The van der Waals surface area contributed by atoms with Gasteiger partial charge in [0.25, 0.3) is 5.91 Å². The predicted molar refractivity (Wildman–Crippen MR) is 264 cm³/mol. The second kappa shape index (κ2) is 23.5. The molecule has 0 bridgehead atoms. The lowest BCUT2D eigenvalue weighted by molar-refractivity contribution is -0.135. The number of anilines is 1. The summed E-state index contributed by atoms with van der Waals surface area (Å²) in [6.07, 6.45) is 14.7. The Bertz CT molecular complexity index is 2740. The third kappa shape index (κ3) is 12.1. The number of fused-ring (bicyclic) bond motifs is 3. The van der Waals surface area contributed by atoms with Crippen LogP contribution in [-0.2, 0) is 40.3 Å². The lowest BCUT2D eigenvalue weighted by Crippen LogP contribution is -2.37. The van der Waals surface area contributed by atoms with Crippen molar-refractivity contribution in [1.29, 1.82) is 0 Å². The minimum Gasteiger partial charge on any atom is -0.508 e. The molecule has 0 aliphatic carbocycles. The number of pyridine rings is 2. The summed E-state index contributed by atoms with van der Waals surface area (Å²) in [4.78, 5) is 64.1. The number of carbonyl (C=O) groups excluding carboxylic acids is 4. The highest BCUT2D eigenvalue weighted by Gasteiger charge is 2.28. The fourth-order valence-electron chi connectivity index (χ4n) is 8.70. The van der Waals surface area contributed by atoms with Crippen LogP contribution >= 0.6 is 23.2 Å². The summed E-state index contributed by atoms with van der Waals surface area (Å²) in [5, 5.41) is 34.1. The van der Waals surface area contributed by atoms with E-state index in [4.69, 9.17) is 28.9 Å². The van der Waals surface area contributed by atoms with Crippen molar-refractivity contribution in [3.63, 3.8) is 0 Å². The molecule has 4 amide bonds. The number of nitrogens with two attached hydrogens (primary N) is 1. The largest absolute Gasteiger partial charge is 0.508 e. The van der Waals surface area contributed by atoms with Gasteiger partial charge in [0.15, 0.2) is 0 Å². The fourth-order valence-corrected chi connectivity index (χ4v) is 9.10. The molecule has 0 saturated heterocycles. The molecule has 5 heterocycles. The Labute approximate surface area is 405 Å². The molecule has 1 aliphatic heterocycles. The molecule has 18 heteroatoms. The first-order valence-electron chi connectivity index (χ1n) is 23.2. The van der Waals surface area contributed by atoms with Crippen LogP contribution in [0.4, 0.5) is 5.82 Å². The monoisotopic (exact) mass is 964 g/mol. The Morgan fingerprint density at radius 2 is 1.51 bits per heavy atom. The number of aromatic nitrogens is 5. The van der Waals surface area contributed by atoms with Crippen molar-refractivity contribution in [1.82, 2.24) is 45.6 Å². The van der Waals surface area contributed by atoms with E-state index in [-0.39, 0.29) is 54.6 Å². The van der Waals surface area contributed by atoms with Crippen molar-refractivity contribution in [2.24, 2.45) is 0 Å². The Balaban J connectivity index is 0.728. The number of aliphatic hydroxyl groups excluding tert-OH is 1. The summed E-state index contributed by atoms with van der Waals surface area (Å²) in [7, 11) is 0. The normalized spacial score (nSPS) is 12.3. The quantitative estimate of drug-likeness (QED) is 0.0334. The van der Waals surface area contributed by atoms with Crippen molar-refractivity contribution >= 4 is 63.6 Å². The summed E-state index contributed by atoms with van der Waals surface area (Å²) >= 11 is 13.1. The van der Waals surface area contributed by atoms with Gasteiger partial charge in [0.2, 0.25) is 17.7 Å². The highest BCUT2D eigenvalue weighted by atomic mass is 35.5. The zero-order valence-electron chi connectivity index (χ0n) is 38.2. The van der Waals surface area contributed by atoms with Gasteiger partial charge in [-0.2, -0.15) is 5.10 Å². The van der Waals surface area contributed by atoms with Crippen LogP contribution in [0.2, 0.25) is 10.0 Å². The van der Waals surface area contributed by atoms with Crippen LogP contribution in [0.1, 0.15) is 92.0 Å². The number of aliphatic hydroxyl groups is 1. The minimum absolute atomic E-state index is 0.0660. The van der Waals surface area contributed by atoms with Crippen LogP contribution in [0.15, 0.2) is 67.1 Å². The van der Waals surface area contributed by atoms with Gasteiger partial charge in [-0.05, 0) is 60.7 Å². The molecular weight excluding hydrogens is 908 g/mol. The number of carbonyl (C=O) groups is 4. The zero-order valence-corrected chi connectivity index (χ0v) is 39.7. The van der Waals surface area contributed by atoms with E-state index in [0.717, 1.165) is 101 Å². The van der Waals surface area contributed by atoms with Crippen LogP contribution in [-0.4, -0.2) is 96.3 Å². The number of phenolic OH excluding ortho intramolecular Hbond substituents is 1. The number of unbranched alkanes of at least 4 members (excludes halogenated alkanes) is 7. The maximum Gasteiger partial charge on any atom is 0.269 e. The first-order valence-corrected chi connectivity index (χ1v) is 24.0. The molecule has 0 unspecified atom stereocenters. The second-order valence-corrected chi connectivity index (χ2v) is 17.7. The van der Waals surface area contributed by atoms with E-state index in [9.17, 15) is 29.4 Å². The summed E-state index contributed by atoms with van der Waals surface area (Å²) in [6, 6.07) is 13.9. The molecule has 8 N–H and O–H groups in total. The van der Waals surface area contributed by atoms with E-state index >= 15 is 0 Å². The van der Waals surface area contributed by atoms with Gasteiger partial charge in [-0.15, -0.1) is 0 Å². The molecule has 2 aromatic carbocycles. The van der Waals surface area contributed by atoms with Gasteiger partial charge in [0.05, 0.1) is 21.3 Å². The average Bonchev–Trinajstić information content (AvgIpc) is 3.98. The van der Waals surface area contributed by atoms with E-state index in [1.165, 1.54) is 0 Å². The highest BCUT2D eigenvalue weighted by Crippen LogP contribution is 2.42. The third-order valence-electron chi connectivity index (χ3n) is 12.3.